The van der Waals surface area contributed by atoms with E-state index in [1.807, 2.05) is 6.07 Å². The zero-order chi connectivity index (χ0) is 13.1. The average Bonchev–Trinajstić information content (AvgIpc) is 2.40. The highest BCUT2D eigenvalue weighted by molar-refractivity contribution is 6.32. The molecule has 1 aliphatic heterocycles. The van der Waals surface area contributed by atoms with Crippen molar-refractivity contribution in [2.24, 2.45) is 0 Å². The summed E-state index contributed by atoms with van der Waals surface area (Å²) in [5, 5.41) is 3.70. The molecule has 3 rings (SSSR count). The number of nitrogens with zero attached hydrogens (tertiary/aromatic N) is 3. The van der Waals surface area contributed by atoms with Crippen LogP contribution >= 0.6 is 36.4 Å². The first-order chi connectivity index (χ1) is 9.33. The van der Waals surface area contributed by atoms with Gasteiger partial charge in [-0.05, 0) is 19.0 Å². The van der Waals surface area contributed by atoms with Gasteiger partial charge in [0.1, 0.15) is 23.8 Å². The maximum atomic E-state index is 6.10. The quantitative estimate of drug-likeness (QED) is 0.860. The zero-order valence-corrected chi connectivity index (χ0v) is 13.4. The lowest BCUT2D eigenvalue weighted by atomic mass is 10.1. The smallest absolute Gasteiger partial charge is 0.138 e. The summed E-state index contributed by atoms with van der Waals surface area (Å²) < 4.78 is 5.70. The Labute approximate surface area is 140 Å². The van der Waals surface area contributed by atoms with E-state index in [2.05, 4.69) is 20.3 Å². The molecule has 0 unspecified atom stereocenters. The minimum absolute atomic E-state index is 0. The van der Waals surface area contributed by atoms with Gasteiger partial charge >= 0.3 is 0 Å². The molecule has 1 fully saturated rings. The normalized spacial score (nSPS) is 16.1. The summed E-state index contributed by atoms with van der Waals surface area (Å²) in [6, 6.07) is 2.31. The Morgan fingerprint density at radius 2 is 1.95 bits per heavy atom. The van der Waals surface area contributed by atoms with E-state index in [0.29, 0.717) is 23.6 Å². The van der Waals surface area contributed by atoms with Crippen LogP contribution in [0.15, 0.2) is 31.0 Å². The van der Waals surface area contributed by atoms with Crippen LogP contribution in [0.25, 0.3) is 11.1 Å². The Balaban J connectivity index is 0.00000110. The predicted octanol–water partition coefficient (Wildman–Crippen LogP) is 2.78. The van der Waals surface area contributed by atoms with Crippen molar-refractivity contribution < 1.29 is 4.74 Å². The third kappa shape index (κ3) is 4.41. The molecular formula is C13H15Cl3N4O. The lowest BCUT2D eigenvalue weighted by molar-refractivity contribution is 0.217. The molecule has 114 valence electrons. The number of halogens is 3. The summed E-state index contributed by atoms with van der Waals surface area (Å²) in [5.41, 5.74) is 1.61. The van der Waals surface area contributed by atoms with Gasteiger partial charge in [0.05, 0.1) is 6.20 Å². The predicted molar refractivity (Wildman–Crippen MR) is 86.7 cm³/mol. The standard InChI is InChI=1S/C13H13ClN4O.2ClH/c14-13-12(9-4-15-8-16-5-9)3-11(6-18-13)19-7-10-1-2-17-10;;/h3-6,8,10,17H,1-2,7H2;2*1H/t10-;;/m0../s1. The third-order valence-corrected chi connectivity index (χ3v) is 3.36. The van der Waals surface area contributed by atoms with Crippen molar-refractivity contribution in [3.8, 4) is 16.9 Å². The molecule has 0 amide bonds. The Hall–Kier alpha value is -1.14. The van der Waals surface area contributed by atoms with Gasteiger partial charge in [-0.3, -0.25) is 0 Å². The molecule has 0 saturated carbocycles. The molecule has 1 N–H and O–H groups in total. The van der Waals surface area contributed by atoms with E-state index in [9.17, 15) is 0 Å². The molecule has 0 spiro atoms. The molecule has 8 heteroatoms. The lowest BCUT2D eigenvalue weighted by Crippen LogP contribution is -2.46. The molecule has 1 saturated heterocycles. The van der Waals surface area contributed by atoms with Crippen LogP contribution in [-0.4, -0.2) is 34.1 Å². The van der Waals surface area contributed by atoms with Crippen LogP contribution in [-0.2, 0) is 0 Å². The van der Waals surface area contributed by atoms with Crippen molar-refractivity contribution in [3.05, 3.63) is 36.1 Å². The monoisotopic (exact) mass is 348 g/mol. The fourth-order valence-electron chi connectivity index (χ4n) is 1.84. The second-order valence-electron chi connectivity index (χ2n) is 4.39. The van der Waals surface area contributed by atoms with E-state index in [1.165, 1.54) is 6.33 Å². The fourth-order valence-corrected chi connectivity index (χ4v) is 2.05. The molecule has 2 aromatic heterocycles. The molecule has 3 heterocycles. The molecule has 0 aliphatic carbocycles. The first-order valence-corrected chi connectivity index (χ1v) is 6.48. The second kappa shape index (κ2) is 8.34. The first-order valence-electron chi connectivity index (χ1n) is 6.10. The number of hydrogen-bond acceptors (Lipinski definition) is 5. The fraction of sp³-hybridized carbons (Fsp3) is 0.308. The summed E-state index contributed by atoms with van der Waals surface area (Å²) in [4.78, 5) is 12.1. The van der Waals surface area contributed by atoms with E-state index in [0.717, 1.165) is 24.1 Å². The van der Waals surface area contributed by atoms with E-state index in [-0.39, 0.29) is 24.8 Å². The number of hydrogen-bond donors (Lipinski definition) is 1. The van der Waals surface area contributed by atoms with Crippen molar-refractivity contribution in [1.29, 1.82) is 0 Å². The summed E-state index contributed by atoms with van der Waals surface area (Å²) in [6.07, 6.45) is 7.67. The number of pyridine rings is 1. The molecular weight excluding hydrogens is 335 g/mol. The van der Waals surface area contributed by atoms with Crippen molar-refractivity contribution in [1.82, 2.24) is 20.3 Å². The van der Waals surface area contributed by atoms with Crippen LogP contribution in [0, 0.1) is 0 Å². The molecule has 2 aromatic rings. The van der Waals surface area contributed by atoms with Crippen LogP contribution in [0.1, 0.15) is 6.42 Å². The van der Waals surface area contributed by atoms with Crippen LogP contribution in [0.5, 0.6) is 5.75 Å². The van der Waals surface area contributed by atoms with E-state index >= 15 is 0 Å². The van der Waals surface area contributed by atoms with Gasteiger partial charge in [-0.2, -0.15) is 0 Å². The van der Waals surface area contributed by atoms with Gasteiger partial charge in [-0.15, -0.1) is 24.8 Å². The van der Waals surface area contributed by atoms with Gasteiger partial charge in [0.2, 0.25) is 0 Å². The van der Waals surface area contributed by atoms with Crippen molar-refractivity contribution in [2.45, 2.75) is 12.5 Å². The summed E-state index contributed by atoms with van der Waals surface area (Å²) >= 11 is 6.10. The summed E-state index contributed by atoms with van der Waals surface area (Å²) in [6.45, 7) is 1.72. The van der Waals surface area contributed by atoms with Crippen molar-refractivity contribution >= 4 is 36.4 Å². The van der Waals surface area contributed by atoms with Gasteiger partial charge in [-0.1, -0.05) is 11.6 Å². The van der Waals surface area contributed by atoms with Crippen molar-refractivity contribution in [2.75, 3.05) is 13.2 Å². The highest BCUT2D eigenvalue weighted by Crippen LogP contribution is 2.28. The van der Waals surface area contributed by atoms with Crippen LogP contribution in [0.4, 0.5) is 0 Å². The van der Waals surface area contributed by atoms with Crippen LogP contribution < -0.4 is 10.1 Å². The Morgan fingerprint density at radius 1 is 1.24 bits per heavy atom. The van der Waals surface area contributed by atoms with Gasteiger partial charge in [0, 0.05) is 29.6 Å². The SMILES string of the molecule is Cl.Cl.Clc1ncc(OC[C@@H]2CCN2)cc1-c1cncnc1. The number of ether oxygens (including phenoxy) is 1. The molecule has 21 heavy (non-hydrogen) atoms. The Morgan fingerprint density at radius 3 is 2.57 bits per heavy atom. The average molecular weight is 350 g/mol. The maximum Gasteiger partial charge on any atom is 0.138 e. The first kappa shape index (κ1) is 17.9. The van der Waals surface area contributed by atoms with Crippen LogP contribution in [0.2, 0.25) is 5.15 Å². The largest absolute Gasteiger partial charge is 0.490 e. The molecule has 0 radical (unpaired) electrons. The van der Waals surface area contributed by atoms with Crippen LogP contribution in [0.3, 0.4) is 0 Å². The minimum Gasteiger partial charge on any atom is -0.490 e. The second-order valence-corrected chi connectivity index (χ2v) is 4.75. The number of rotatable bonds is 4. The highest BCUT2D eigenvalue weighted by atomic mass is 35.5. The number of nitrogens with one attached hydrogen (secondary N) is 1. The van der Waals surface area contributed by atoms with E-state index < -0.39 is 0 Å². The minimum atomic E-state index is 0. The van der Waals surface area contributed by atoms with E-state index in [1.54, 1.807) is 18.6 Å². The molecule has 5 nitrogen and oxygen atoms in total. The third-order valence-electron chi connectivity index (χ3n) is 3.06. The Kier molecular flexibility index (Phi) is 7.11. The summed E-state index contributed by atoms with van der Waals surface area (Å²) in [7, 11) is 0. The molecule has 1 atom stereocenters. The molecule has 0 aromatic carbocycles. The summed E-state index contributed by atoms with van der Waals surface area (Å²) in [5.74, 6) is 0.706. The highest BCUT2D eigenvalue weighted by Gasteiger charge is 2.17. The lowest BCUT2D eigenvalue weighted by Gasteiger charge is -2.27. The molecule has 0 bridgehead atoms. The number of aromatic nitrogens is 3. The van der Waals surface area contributed by atoms with Gasteiger partial charge in [0.15, 0.2) is 0 Å². The Bertz CT molecular complexity index is 567. The molecule has 1 aliphatic rings. The van der Waals surface area contributed by atoms with E-state index in [4.69, 9.17) is 16.3 Å². The van der Waals surface area contributed by atoms with Gasteiger partial charge in [-0.25, -0.2) is 15.0 Å². The van der Waals surface area contributed by atoms with Crippen molar-refractivity contribution in [3.63, 3.8) is 0 Å². The van der Waals surface area contributed by atoms with Gasteiger partial charge < -0.3 is 10.1 Å². The van der Waals surface area contributed by atoms with Gasteiger partial charge in [0.25, 0.3) is 0 Å². The topological polar surface area (TPSA) is 59.9 Å². The maximum absolute atomic E-state index is 6.10. The zero-order valence-electron chi connectivity index (χ0n) is 11.0.